The van der Waals surface area contributed by atoms with E-state index in [9.17, 15) is 4.79 Å². The summed E-state index contributed by atoms with van der Waals surface area (Å²) in [5, 5.41) is 3.17. The number of hydrogen-bond acceptors (Lipinski definition) is 2. The lowest BCUT2D eigenvalue weighted by atomic mass is 10.0. The van der Waals surface area contributed by atoms with Crippen LogP contribution in [0.15, 0.2) is 48.5 Å². The normalized spacial score (nSPS) is 11.8. The van der Waals surface area contributed by atoms with Crippen LogP contribution in [0.4, 0.5) is 0 Å². The van der Waals surface area contributed by atoms with Gasteiger partial charge in [-0.2, -0.15) is 0 Å². The molecule has 2 aromatic rings. The van der Waals surface area contributed by atoms with Crippen molar-refractivity contribution in [2.24, 2.45) is 0 Å². The van der Waals surface area contributed by atoms with Crippen molar-refractivity contribution in [2.75, 3.05) is 7.11 Å². The van der Waals surface area contributed by atoms with Crippen LogP contribution in [0.1, 0.15) is 53.7 Å². The quantitative estimate of drug-likeness (QED) is 0.807. The molecular weight excluding hydrogens is 286 g/mol. The molecule has 0 spiro atoms. The van der Waals surface area contributed by atoms with Gasteiger partial charge in [0.05, 0.1) is 13.2 Å². The number of carbonyl (C=O) groups excluding carboxylic acids is 1. The number of benzene rings is 2. The number of unbranched alkanes of at least 4 members (excludes halogenated alkanes) is 1. The fraction of sp³-hybridized carbons (Fsp3) is 0.350. The Morgan fingerprint density at radius 1 is 1.17 bits per heavy atom. The number of carbonyl (C=O) groups is 1. The SMILES string of the molecule is CCCCC(NC(=O)c1ccc(OC)c(C)c1)c1ccccc1. The summed E-state index contributed by atoms with van der Waals surface area (Å²) in [7, 11) is 1.64. The van der Waals surface area contributed by atoms with Gasteiger partial charge in [0.2, 0.25) is 0 Å². The lowest BCUT2D eigenvalue weighted by molar-refractivity contribution is 0.0934. The summed E-state index contributed by atoms with van der Waals surface area (Å²) in [6.45, 7) is 4.11. The first kappa shape index (κ1) is 17.1. The van der Waals surface area contributed by atoms with Gasteiger partial charge in [0.25, 0.3) is 5.91 Å². The van der Waals surface area contributed by atoms with Crippen LogP contribution in [0.5, 0.6) is 5.75 Å². The predicted octanol–water partition coefficient (Wildman–Crippen LogP) is 4.66. The molecule has 0 radical (unpaired) electrons. The van der Waals surface area contributed by atoms with Crippen molar-refractivity contribution in [1.29, 1.82) is 0 Å². The van der Waals surface area contributed by atoms with Crippen molar-refractivity contribution in [1.82, 2.24) is 5.32 Å². The van der Waals surface area contributed by atoms with Gasteiger partial charge in [-0.1, -0.05) is 50.1 Å². The summed E-state index contributed by atoms with van der Waals surface area (Å²) >= 11 is 0. The smallest absolute Gasteiger partial charge is 0.251 e. The Morgan fingerprint density at radius 3 is 2.52 bits per heavy atom. The zero-order valence-electron chi connectivity index (χ0n) is 14.1. The molecule has 1 N–H and O–H groups in total. The Bertz CT molecular complexity index is 637. The Labute approximate surface area is 138 Å². The zero-order valence-corrected chi connectivity index (χ0v) is 14.1. The first-order valence-corrected chi connectivity index (χ1v) is 8.16. The Morgan fingerprint density at radius 2 is 1.91 bits per heavy atom. The Balaban J connectivity index is 2.15. The maximum Gasteiger partial charge on any atom is 0.251 e. The molecule has 3 nitrogen and oxygen atoms in total. The second-order valence-corrected chi connectivity index (χ2v) is 5.76. The van der Waals surface area contributed by atoms with E-state index in [1.807, 2.05) is 43.3 Å². The maximum absolute atomic E-state index is 12.6. The number of rotatable bonds is 7. The van der Waals surface area contributed by atoms with Crippen LogP contribution in [0.2, 0.25) is 0 Å². The molecule has 2 rings (SSSR count). The van der Waals surface area contributed by atoms with E-state index in [4.69, 9.17) is 4.74 Å². The first-order chi connectivity index (χ1) is 11.2. The molecule has 1 atom stereocenters. The van der Waals surface area contributed by atoms with E-state index in [1.54, 1.807) is 7.11 Å². The number of ether oxygens (including phenoxy) is 1. The van der Waals surface area contributed by atoms with Gasteiger partial charge < -0.3 is 10.1 Å². The summed E-state index contributed by atoms with van der Waals surface area (Å²) < 4.78 is 5.25. The van der Waals surface area contributed by atoms with Crippen molar-refractivity contribution in [2.45, 2.75) is 39.2 Å². The summed E-state index contributed by atoms with van der Waals surface area (Å²) in [5.74, 6) is 0.757. The van der Waals surface area contributed by atoms with Crippen LogP contribution in [0.25, 0.3) is 0 Å². The second kappa shape index (κ2) is 8.37. The van der Waals surface area contributed by atoms with Crippen molar-refractivity contribution >= 4 is 5.91 Å². The highest BCUT2D eigenvalue weighted by Crippen LogP contribution is 2.22. The molecule has 0 saturated heterocycles. The van der Waals surface area contributed by atoms with Crippen molar-refractivity contribution in [3.05, 3.63) is 65.2 Å². The molecule has 0 saturated carbocycles. The lowest BCUT2D eigenvalue weighted by Crippen LogP contribution is -2.28. The second-order valence-electron chi connectivity index (χ2n) is 5.76. The molecule has 23 heavy (non-hydrogen) atoms. The van der Waals surface area contributed by atoms with E-state index >= 15 is 0 Å². The van der Waals surface area contributed by atoms with Gasteiger partial charge >= 0.3 is 0 Å². The summed E-state index contributed by atoms with van der Waals surface area (Å²) in [6.07, 6.45) is 3.14. The van der Waals surface area contributed by atoms with Crippen molar-refractivity contribution in [3.63, 3.8) is 0 Å². The van der Waals surface area contributed by atoms with Crippen LogP contribution in [-0.4, -0.2) is 13.0 Å². The van der Waals surface area contributed by atoms with Gasteiger partial charge in [-0.3, -0.25) is 4.79 Å². The average molecular weight is 311 g/mol. The van der Waals surface area contributed by atoms with Crippen LogP contribution >= 0.6 is 0 Å². The van der Waals surface area contributed by atoms with Crippen molar-refractivity contribution < 1.29 is 9.53 Å². The monoisotopic (exact) mass is 311 g/mol. The van der Waals surface area contributed by atoms with Crippen molar-refractivity contribution in [3.8, 4) is 5.75 Å². The standard InChI is InChI=1S/C20H25NO2/c1-4-5-11-18(16-9-7-6-8-10-16)21-20(22)17-12-13-19(23-3)15(2)14-17/h6-10,12-14,18H,4-5,11H2,1-3H3,(H,21,22). The molecule has 0 aliphatic carbocycles. The Hall–Kier alpha value is -2.29. The summed E-state index contributed by atoms with van der Waals surface area (Å²) in [5.41, 5.74) is 2.78. The van der Waals surface area contributed by atoms with Crippen LogP contribution in [0.3, 0.4) is 0 Å². The molecule has 122 valence electrons. The minimum absolute atomic E-state index is 0.0410. The topological polar surface area (TPSA) is 38.3 Å². The average Bonchev–Trinajstić information content (AvgIpc) is 2.59. The van der Waals surface area contributed by atoms with E-state index in [0.29, 0.717) is 5.56 Å². The van der Waals surface area contributed by atoms with Gasteiger partial charge in [-0.05, 0) is 42.7 Å². The first-order valence-electron chi connectivity index (χ1n) is 8.16. The van der Waals surface area contributed by atoms with Gasteiger partial charge in [-0.15, -0.1) is 0 Å². The van der Waals surface area contributed by atoms with E-state index in [-0.39, 0.29) is 11.9 Å². The predicted molar refractivity (Wildman–Crippen MR) is 93.9 cm³/mol. The van der Waals surface area contributed by atoms with E-state index in [2.05, 4.69) is 24.4 Å². The lowest BCUT2D eigenvalue weighted by Gasteiger charge is -2.19. The molecule has 1 unspecified atom stereocenters. The third kappa shape index (κ3) is 4.59. The molecule has 2 aromatic carbocycles. The minimum atomic E-state index is -0.0410. The van der Waals surface area contributed by atoms with E-state index in [1.165, 1.54) is 0 Å². The molecule has 3 heteroatoms. The van der Waals surface area contributed by atoms with E-state index in [0.717, 1.165) is 36.1 Å². The number of amides is 1. The summed E-state index contributed by atoms with van der Waals surface area (Å²) in [4.78, 5) is 12.6. The van der Waals surface area contributed by atoms with E-state index < -0.39 is 0 Å². The van der Waals surface area contributed by atoms with Gasteiger partial charge in [0, 0.05) is 5.56 Å². The van der Waals surface area contributed by atoms with Gasteiger partial charge in [-0.25, -0.2) is 0 Å². The molecule has 0 aliphatic rings. The fourth-order valence-corrected chi connectivity index (χ4v) is 2.68. The molecule has 0 fully saturated rings. The van der Waals surface area contributed by atoms with Crippen LogP contribution in [0, 0.1) is 6.92 Å². The highest BCUT2D eigenvalue weighted by atomic mass is 16.5. The highest BCUT2D eigenvalue weighted by Gasteiger charge is 2.16. The maximum atomic E-state index is 12.6. The molecule has 0 aliphatic heterocycles. The van der Waals surface area contributed by atoms with Crippen LogP contribution in [-0.2, 0) is 0 Å². The van der Waals surface area contributed by atoms with Crippen LogP contribution < -0.4 is 10.1 Å². The molecular formula is C20H25NO2. The molecule has 0 heterocycles. The third-order valence-corrected chi connectivity index (χ3v) is 4.01. The van der Waals surface area contributed by atoms with Gasteiger partial charge in [0.1, 0.15) is 5.75 Å². The number of methoxy groups -OCH3 is 1. The molecule has 1 amide bonds. The molecule has 0 bridgehead atoms. The third-order valence-electron chi connectivity index (χ3n) is 4.01. The number of nitrogens with one attached hydrogen (secondary N) is 1. The number of aryl methyl sites for hydroxylation is 1. The fourth-order valence-electron chi connectivity index (χ4n) is 2.68. The zero-order chi connectivity index (χ0) is 16.7. The number of hydrogen-bond donors (Lipinski definition) is 1. The minimum Gasteiger partial charge on any atom is -0.496 e. The highest BCUT2D eigenvalue weighted by molar-refractivity contribution is 5.94. The van der Waals surface area contributed by atoms with Gasteiger partial charge in [0.15, 0.2) is 0 Å². The molecule has 0 aromatic heterocycles. The summed E-state index contributed by atoms with van der Waals surface area (Å²) in [6, 6.07) is 15.7. The largest absolute Gasteiger partial charge is 0.496 e. The Kier molecular flexibility index (Phi) is 6.21.